The maximum absolute atomic E-state index is 10.9. The smallest absolute Gasteiger partial charge is 0.373 e. The summed E-state index contributed by atoms with van der Waals surface area (Å²) in [6.07, 6.45) is 0. The van der Waals surface area contributed by atoms with Crippen LogP contribution in [0.2, 0.25) is 0 Å². The number of hydrogen-bond acceptors (Lipinski definition) is 2. The van der Waals surface area contributed by atoms with Gasteiger partial charge in [0.15, 0.2) is 5.80 Å². The average Bonchev–Trinajstić information content (AvgIpc) is 2.17. The number of carbonyl (C=O) groups excluding carboxylic acids is 1. The third-order valence-corrected chi connectivity index (χ3v) is 2.46. The zero-order valence-corrected chi connectivity index (χ0v) is 8.49. The van der Waals surface area contributed by atoms with E-state index in [0.717, 1.165) is 5.30 Å². The molecule has 1 unspecified atom stereocenters. The van der Waals surface area contributed by atoms with Gasteiger partial charge in [-0.05, 0) is 19.1 Å². The number of hydrogen-bond donors (Lipinski definition) is 0. The van der Waals surface area contributed by atoms with E-state index in [1.54, 1.807) is 12.7 Å². The standard InChI is InChI=1S/C10H11O2P/c1-2-12-10(11)8-13-9-6-4-3-5-7-9/h3-8H,2H2,1H3/p+1. The van der Waals surface area contributed by atoms with Gasteiger partial charge in [-0.25, -0.2) is 4.79 Å². The van der Waals surface area contributed by atoms with E-state index in [4.69, 9.17) is 4.74 Å². The molecule has 13 heavy (non-hydrogen) atoms. The highest BCUT2D eigenvalue weighted by Crippen LogP contribution is 1.96. The molecule has 68 valence electrons. The van der Waals surface area contributed by atoms with Crippen LogP contribution in [0.5, 0.6) is 0 Å². The van der Waals surface area contributed by atoms with Crippen LogP contribution >= 0.6 is 8.20 Å². The lowest BCUT2D eigenvalue weighted by Crippen LogP contribution is -2.04. The molecule has 1 rings (SSSR count). The normalized spacial score (nSPS) is 10.2. The molecule has 0 fully saturated rings. The first kappa shape index (κ1) is 9.94. The number of rotatable bonds is 3. The summed E-state index contributed by atoms with van der Waals surface area (Å²) >= 11 is 0. The van der Waals surface area contributed by atoms with E-state index in [1.807, 2.05) is 30.3 Å². The highest BCUT2D eigenvalue weighted by Gasteiger charge is 2.00. The topological polar surface area (TPSA) is 26.3 Å². The summed E-state index contributed by atoms with van der Waals surface area (Å²) in [6, 6.07) is 9.86. The molecule has 0 heterocycles. The summed E-state index contributed by atoms with van der Waals surface area (Å²) in [6.45, 7) is 2.24. The van der Waals surface area contributed by atoms with Crippen LogP contribution in [0.4, 0.5) is 0 Å². The SMILES string of the molecule is CCOC(=O)C=[PH+]c1ccccc1. The molecule has 0 amide bonds. The molecule has 0 radical (unpaired) electrons. The third-order valence-electron chi connectivity index (χ3n) is 1.42. The van der Waals surface area contributed by atoms with Crippen LogP contribution in [0.15, 0.2) is 30.3 Å². The Labute approximate surface area is 79.3 Å². The van der Waals surface area contributed by atoms with Crippen LogP contribution in [0, 0.1) is 0 Å². The van der Waals surface area contributed by atoms with Crippen molar-refractivity contribution in [1.82, 2.24) is 0 Å². The van der Waals surface area contributed by atoms with Gasteiger partial charge in [-0.3, -0.25) is 0 Å². The van der Waals surface area contributed by atoms with Crippen molar-refractivity contribution in [3.8, 4) is 0 Å². The average molecular weight is 195 g/mol. The van der Waals surface area contributed by atoms with Gasteiger partial charge in [-0.1, -0.05) is 18.2 Å². The first-order valence-corrected chi connectivity index (χ1v) is 5.22. The van der Waals surface area contributed by atoms with Crippen LogP contribution in [0.25, 0.3) is 0 Å². The maximum Gasteiger partial charge on any atom is 0.373 e. The Kier molecular flexibility index (Phi) is 4.20. The second-order valence-electron chi connectivity index (χ2n) is 2.41. The Morgan fingerprint density at radius 2 is 2.15 bits per heavy atom. The van der Waals surface area contributed by atoms with E-state index >= 15 is 0 Å². The Balaban J connectivity index is 2.54. The summed E-state index contributed by atoms with van der Waals surface area (Å²) in [5.41, 5.74) is 0. The zero-order valence-electron chi connectivity index (χ0n) is 7.49. The van der Waals surface area contributed by atoms with Gasteiger partial charge in [-0.2, -0.15) is 0 Å². The van der Waals surface area contributed by atoms with Crippen molar-refractivity contribution >= 4 is 25.3 Å². The van der Waals surface area contributed by atoms with Crippen molar-refractivity contribution in [1.29, 1.82) is 0 Å². The van der Waals surface area contributed by atoms with E-state index in [0.29, 0.717) is 14.8 Å². The summed E-state index contributed by atoms with van der Waals surface area (Å²) in [5.74, 6) is 1.35. The molecule has 3 heteroatoms. The Bertz CT molecular complexity index is 293. The third kappa shape index (κ3) is 3.86. The minimum absolute atomic E-state index is 0.232. The largest absolute Gasteiger partial charge is 0.460 e. The molecule has 2 nitrogen and oxygen atoms in total. The summed E-state index contributed by atoms with van der Waals surface area (Å²) < 4.78 is 4.78. The van der Waals surface area contributed by atoms with Crippen LogP contribution in [-0.4, -0.2) is 18.4 Å². The molecule has 1 aromatic rings. The van der Waals surface area contributed by atoms with Gasteiger partial charge < -0.3 is 4.74 Å². The van der Waals surface area contributed by atoms with Crippen LogP contribution < -0.4 is 5.30 Å². The molecule has 1 aromatic carbocycles. The summed E-state index contributed by atoms with van der Waals surface area (Å²) in [4.78, 5) is 10.9. The monoisotopic (exact) mass is 195 g/mol. The molecule has 0 aliphatic carbocycles. The van der Waals surface area contributed by atoms with E-state index in [1.165, 1.54) is 0 Å². The summed E-state index contributed by atoms with van der Waals surface area (Å²) in [7, 11) is 0.395. The number of carbonyl (C=O) groups is 1. The molecule has 0 aromatic heterocycles. The predicted molar refractivity (Wildman–Crippen MR) is 57.1 cm³/mol. The van der Waals surface area contributed by atoms with Gasteiger partial charge in [0, 0.05) is 0 Å². The molecule has 0 saturated carbocycles. The molecule has 0 aliphatic heterocycles. The fraction of sp³-hybridized carbons (Fsp3) is 0.200. The van der Waals surface area contributed by atoms with Gasteiger partial charge in [-0.15, -0.1) is 0 Å². The lowest BCUT2D eigenvalue weighted by atomic mass is 10.4. The second-order valence-corrected chi connectivity index (χ2v) is 3.56. The van der Waals surface area contributed by atoms with Crippen LogP contribution in [0.1, 0.15) is 6.92 Å². The molecule has 0 saturated heterocycles. The Morgan fingerprint density at radius 3 is 2.77 bits per heavy atom. The van der Waals surface area contributed by atoms with Crippen molar-refractivity contribution in [2.45, 2.75) is 6.92 Å². The second kappa shape index (κ2) is 5.50. The lowest BCUT2D eigenvalue weighted by molar-refractivity contribution is -0.134. The number of benzene rings is 1. The molecule has 0 spiro atoms. The summed E-state index contributed by atoms with van der Waals surface area (Å²) in [5, 5.41) is 1.15. The predicted octanol–water partition coefficient (Wildman–Crippen LogP) is 1.36. The Morgan fingerprint density at radius 1 is 1.46 bits per heavy atom. The minimum atomic E-state index is -0.232. The first-order valence-electron chi connectivity index (χ1n) is 4.14. The van der Waals surface area contributed by atoms with E-state index in [9.17, 15) is 4.79 Å². The van der Waals surface area contributed by atoms with Crippen molar-refractivity contribution in [2.75, 3.05) is 6.61 Å². The van der Waals surface area contributed by atoms with Crippen molar-refractivity contribution in [2.24, 2.45) is 0 Å². The minimum Gasteiger partial charge on any atom is -0.460 e. The highest BCUT2D eigenvalue weighted by atomic mass is 31.1. The molecule has 0 N–H and O–H groups in total. The van der Waals surface area contributed by atoms with Gasteiger partial charge in [0.05, 0.1) is 6.61 Å². The fourth-order valence-electron chi connectivity index (χ4n) is 0.861. The number of esters is 1. The lowest BCUT2D eigenvalue weighted by Gasteiger charge is -1.89. The fourth-order valence-corrected chi connectivity index (χ4v) is 1.61. The molecule has 0 aliphatic rings. The van der Waals surface area contributed by atoms with Crippen molar-refractivity contribution < 1.29 is 9.53 Å². The Hall–Kier alpha value is -1.14. The van der Waals surface area contributed by atoms with Gasteiger partial charge in [0.1, 0.15) is 13.5 Å². The molecule has 0 bridgehead atoms. The highest BCUT2D eigenvalue weighted by molar-refractivity contribution is 7.49. The molecular formula is C10H12O2P+. The van der Waals surface area contributed by atoms with E-state index in [2.05, 4.69) is 0 Å². The van der Waals surface area contributed by atoms with Gasteiger partial charge >= 0.3 is 5.97 Å². The van der Waals surface area contributed by atoms with Gasteiger partial charge in [0.25, 0.3) is 0 Å². The molecule has 1 atom stereocenters. The first-order chi connectivity index (χ1) is 6.33. The maximum atomic E-state index is 10.9. The van der Waals surface area contributed by atoms with Crippen LogP contribution in [-0.2, 0) is 9.53 Å². The zero-order chi connectivity index (χ0) is 9.52. The van der Waals surface area contributed by atoms with Gasteiger partial charge in [0.2, 0.25) is 0 Å². The molecular weight excluding hydrogens is 183 g/mol. The number of ether oxygens (including phenoxy) is 1. The van der Waals surface area contributed by atoms with E-state index < -0.39 is 0 Å². The quantitative estimate of drug-likeness (QED) is 0.537. The van der Waals surface area contributed by atoms with Crippen molar-refractivity contribution in [3.05, 3.63) is 30.3 Å². The van der Waals surface area contributed by atoms with Crippen LogP contribution in [0.3, 0.4) is 0 Å². The van der Waals surface area contributed by atoms with E-state index in [-0.39, 0.29) is 5.97 Å². The van der Waals surface area contributed by atoms with Crippen molar-refractivity contribution in [3.63, 3.8) is 0 Å².